The second kappa shape index (κ2) is 5.50. The highest BCUT2D eigenvalue weighted by Crippen LogP contribution is 2.36. The Labute approximate surface area is 102 Å². The fourth-order valence-electron chi connectivity index (χ4n) is 2.82. The van der Waals surface area contributed by atoms with Crippen LogP contribution in [0.5, 0.6) is 0 Å². The van der Waals surface area contributed by atoms with Crippen molar-refractivity contribution in [3.8, 4) is 0 Å². The Balaban J connectivity index is 2.79. The topological polar surface area (TPSA) is 29.3 Å². The van der Waals surface area contributed by atoms with Crippen LogP contribution in [0.15, 0.2) is 0 Å². The van der Waals surface area contributed by atoms with E-state index in [2.05, 4.69) is 39.5 Å². The van der Waals surface area contributed by atoms with Crippen LogP contribution in [-0.4, -0.2) is 29.6 Å². The molecule has 0 amide bonds. The summed E-state index contributed by atoms with van der Waals surface area (Å²) >= 11 is 0. The Morgan fingerprint density at radius 2 is 1.81 bits per heavy atom. The molecule has 96 valence electrons. The molecule has 2 N–H and O–H groups in total. The van der Waals surface area contributed by atoms with E-state index < -0.39 is 0 Å². The minimum Gasteiger partial charge on any atom is -0.326 e. The van der Waals surface area contributed by atoms with Gasteiger partial charge in [-0.3, -0.25) is 4.90 Å². The molecule has 0 aromatic carbocycles. The normalized spacial score (nSPS) is 21.2. The number of nitrogens with two attached hydrogens (primary N) is 1. The van der Waals surface area contributed by atoms with Gasteiger partial charge in [0.25, 0.3) is 0 Å². The van der Waals surface area contributed by atoms with Crippen LogP contribution in [-0.2, 0) is 0 Å². The second-order valence-corrected chi connectivity index (χ2v) is 6.35. The first-order chi connectivity index (χ1) is 7.41. The van der Waals surface area contributed by atoms with Crippen LogP contribution in [0, 0.1) is 5.41 Å². The first-order valence-electron chi connectivity index (χ1n) is 6.93. The maximum atomic E-state index is 6.36. The molecule has 0 spiro atoms. The van der Waals surface area contributed by atoms with Crippen LogP contribution in [0.1, 0.15) is 60.3 Å². The number of nitrogens with zero attached hydrogens (tertiary/aromatic N) is 1. The predicted molar refractivity (Wildman–Crippen MR) is 71.5 cm³/mol. The van der Waals surface area contributed by atoms with Crippen molar-refractivity contribution in [2.75, 3.05) is 6.54 Å². The summed E-state index contributed by atoms with van der Waals surface area (Å²) in [6.07, 6.45) is 5.07. The van der Waals surface area contributed by atoms with Crippen molar-refractivity contribution in [3.05, 3.63) is 0 Å². The highest BCUT2D eigenvalue weighted by Gasteiger charge is 2.40. The van der Waals surface area contributed by atoms with Gasteiger partial charge in [0, 0.05) is 18.1 Å². The number of hydrogen-bond acceptors (Lipinski definition) is 2. The Hall–Kier alpha value is -0.0800. The average Bonchev–Trinajstić information content (AvgIpc) is 2.97. The summed E-state index contributed by atoms with van der Waals surface area (Å²) in [5, 5.41) is 0. The smallest absolute Gasteiger partial charge is 0.0298 e. The molecule has 2 heteroatoms. The molecule has 0 bridgehead atoms. The Kier molecular flexibility index (Phi) is 4.81. The molecule has 0 radical (unpaired) electrons. The summed E-state index contributed by atoms with van der Waals surface area (Å²) in [5.41, 5.74) is 6.64. The second-order valence-electron chi connectivity index (χ2n) is 6.35. The van der Waals surface area contributed by atoms with Crippen molar-refractivity contribution < 1.29 is 0 Å². The fraction of sp³-hybridized carbons (Fsp3) is 1.00. The van der Waals surface area contributed by atoms with E-state index in [0.29, 0.717) is 12.1 Å². The molecule has 0 aliphatic heterocycles. The van der Waals surface area contributed by atoms with Crippen LogP contribution < -0.4 is 5.73 Å². The van der Waals surface area contributed by atoms with E-state index in [1.807, 2.05) is 0 Å². The van der Waals surface area contributed by atoms with Crippen molar-refractivity contribution in [3.63, 3.8) is 0 Å². The van der Waals surface area contributed by atoms with Gasteiger partial charge in [0.1, 0.15) is 0 Å². The monoisotopic (exact) mass is 226 g/mol. The van der Waals surface area contributed by atoms with Gasteiger partial charge in [-0.05, 0) is 37.6 Å². The fourth-order valence-corrected chi connectivity index (χ4v) is 2.82. The van der Waals surface area contributed by atoms with E-state index in [0.717, 1.165) is 12.5 Å². The molecule has 1 saturated carbocycles. The van der Waals surface area contributed by atoms with Crippen LogP contribution in [0.3, 0.4) is 0 Å². The zero-order chi connectivity index (χ0) is 12.3. The first-order valence-corrected chi connectivity index (χ1v) is 6.93. The maximum Gasteiger partial charge on any atom is 0.0298 e. The quantitative estimate of drug-likeness (QED) is 0.754. The molecule has 1 fully saturated rings. The lowest BCUT2D eigenvalue weighted by atomic mass is 9.80. The molecule has 0 aromatic heterocycles. The minimum absolute atomic E-state index is 0.285. The van der Waals surface area contributed by atoms with Crippen LogP contribution in [0.25, 0.3) is 0 Å². The average molecular weight is 226 g/mol. The van der Waals surface area contributed by atoms with E-state index in [1.54, 1.807) is 0 Å². The summed E-state index contributed by atoms with van der Waals surface area (Å²) in [6, 6.07) is 1.67. The zero-order valence-corrected chi connectivity index (χ0v) is 11.8. The van der Waals surface area contributed by atoms with Gasteiger partial charge in [-0.25, -0.2) is 0 Å². The largest absolute Gasteiger partial charge is 0.326 e. The third kappa shape index (κ3) is 3.46. The van der Waals surface area contributed by atoms with Gasteiger partial charge in [-0.2, -0.15) is 0 Å². The van der Waals surface area contributed by atoms with Gasteiger partial charge >= 0.3 is 0 Å². The standard InChI is InChI=1S/C14H30N2/c1-6-10-16(11-8-9-11)13(12(15)7-2)14(3,4)5/h11-13H,6-10,15H2,1-5H3. The Morgan fingerprint density at radius 1 is 1.25 bits per heavy atom. The highest BCUT2D eigenvalue weighted by molar-refractivity contribution is 4.97. The lowest BCUT2D eigenvalue weighted by Crippen LogP contribution is -2.55. The maximum absolute atomic E-state index is 6.36. The van der Waals surface area contributed by atoms with E-state index in [1.165, 1.54) is 25.8 Å². The van der Waals surface area contributed by atoms with Crippen LogP contribution >= 0.6 is 0 Å². The summed E-state index contributed by atoms with van der Waals surface area (Å²) < 4.78 is 0. The lowest BCUT2D eigenvalue weighted by molar-refractivity contribution is 0.0689. The van der Waals surface area contributed by atoms with Crippen molar-refractivity contribution in [1.29, 1.82) is 0 Å². The van der Waals surface area contributed by atoms with Crippen molar-refractivity contribution >= 4 is 0 Å². The van der Waals surface area contributed by atoms with Crippen molar-refractivity contribution in [1.82, 2.24) is 4.90 Å². The SMILES string of the molecule is CCCN(C1CC1)C(C(N)CC)C(C)(C)C. The number of hydrogen-bond donors (Lipinski definition) is 1. The zero-order valence-electron chi connectivity index (χ0n) is 11.8. The van der Waals surface area contributed by atoms with Crippen molar-refractivity contribution in [2.24, 2.45) is 11.1 Å². The van der Waals surface area contributed by atoms with Crippen molar-refractivity contribution in [2.45, 2.75) is 78.4 Å². The molecule has 0 aromatic rings. The molecule has 0 heterocycles. The molecule has 16 heavy (non-hydrogen) atoms. The third-order valence-electron chi connectivity index (χ3n) is 3.62. The molecule has 2 nitrogen and oxygen atoms in total. The van der Waals surface area contributed by atoms with E-state index in [-0.39, 0.29) is 5.41 Å². The predicted octanol–water partition coefficient (Wildman–Crippen LogP) is 3.01. The molecule has 0 saturated heterocycles. The summed E-state index contributed by atoms with van der Waals surface area (Å²) in [6.45, 7) is 12.7. The molecule has 1 aliphatic rings. The highest BCUT2D eigenvalue weighted by atomic mass is 15.2. The summed E-state index contributed by atoms with van der Waals surface area (Å²) in [7, 11) is 0. The van der Waals surface area contributed by atoms with Gasteiger partial charge in [0.15, 0.2) is 0 Å². The lowest BCUT2D eigenvalue weighted by Gasteiger charge is -2.44. The summed E-state index contributed by atoms with van der Waals surface area (Å²) in [4.78, 5) is 2.69. The molecule has 2 atom stereocenters. The van der Waals surface area contributed by atoms with E-state index in [9.17, 15) is 0 Å². The summed E-state index contributed by atoms with van der Waals surface area (Å²) in [5.74, 6) is 0. The molecule has 1 aliphatic carbocycles. The van der Waals surface area contributed by atoms with Gasteiger partial charge in [0.05, 0.1) is 0 Å². The first kappa shape index (κ1) is 14.0. The van der Waals surface area contributed by atoms with E-state index in [4.69, 9.17) is 5.73 Å². The minimum atomic E-state index is 0.285. The van der Waals surface area contributed by atoms with Crippen LogP contribution in [0.4, 0.5) is 0 Å². The Morgan fingerprint density at radius 3 is 2.12 bits per heavy atom. The molecule has 1 rings (SSSR count). The van der Waals surface area contributed by atoms with E-state index >= 15 is 0 Å². The van der Waals surface area contributed by atoms with Gasteiger partial charge < -0.3 is 5.73 Å². The molecule has 2 unspecified atom stereocenters. The third-order valence-corrected chi connectivity index (χ3v) is 3.62. The molecular formula is C14H30N2. The Bertz CT molecular complexity index is 203. The number of rotatable bonds is 6. The molecular weight excluding hydrogens is 196 g/mol. The van der Waals surface area contributed by atoms with Gasteiger partial charge in [-0.15, -0.1) is 0 Å². The van der Waals surface area contributed by atoms with Gasteiger partial charge in [-0.1, -0.05) is 34.6 Å². The van der Waals surface area contributed by atoms with Gasteiger partial charge in [0.2, 0.25) is 0 Å². The van der Waals surface area contributed by atoms with Crippen LogP contribution in [0.2, 0.25) is 0 Å².